The van der Waals surface area contributed by atoms with Crippen LogP contribution in [0.2, 0.25) is 0 Å². The molecule has 2 heterocycles. The fraction of sp³-hybridized carbons (Fsp3) is 0.211. The summed E-state index contributed by atoms with van der Waals surface area (Å²) >= 11 is 0. The third-order valence-electron chi connectivity index (χ3n) is 3.90. The fourth-order valence-electron chi connectivity index (χ4n) is 2.71. The van der Waals surface area contributed by atoms with Crippen LogP contribution in [0.5, 0.6) is 11.5 Å². The fourth-order valence-corrected chi connectivity index (χ4v) is 2.71. The third-order valence-corrected chi connectivity index (χ3v) is 3.90. The van der Waals surface area contributed by atoms with Crippen LogP contribution in [0.1, 0.15) is 22.5 Å². The number of aryl methyl sites for hydroxylation is 1. The summed E-state index contributed by atoms with van der Waals surface area (Å²) < 4.78 is 16.8. The molecule has 24 heavy (non-hydrogen) atoms. The smallest absolute Gasteiger partial charge is 0.291 e. The van der Waals surface area contributed by atoms with E-state index >= 15 is 0 Å². The molecule has 1 amide bonds. The van der Waals surface area contributed by atoms with Gasteiger partial charge in [0.25, 0.3) is 5.91 Å². The predicted octanol–water partition coefficient (Wildman–Crippen LogP) is 4.15. The zero-order valence-electron chi connectivity index (χ0n) is 13.3. The van der Waals surface area contributed by atoms with Crippen molar-refractivity contribution in [2.75, 3.05) is 18.5 Å². The van der Waals surface area contributed by atoms with Crippen LogP contribution in [-0.4, -0.2) is 19.1 Å². The van der Waals surface area contributed by atoms with Crippen LogP contribution < -0.4 is 14.8 Å². The van der Waals surface area contributed by atoms with Crippen molar-refractivity contribution in [2.24, 2.45) is 0 Å². The molecule has 0 bridgehead atoms. The SMILES string of the molecule is Cc1ccc2oc(C(=O)Nc3ccc4c(c3)OCCCO4)cc2c1. The van der Waals surface area contributed by atoms with E-state index in [-0.39, 0.29) is 11.7 Å². The number of benzene rings is 2. The van der Waals surface area contributed by atoms with Gasteiger partial charge in [0, 0.05) is 23.6 Å². The second-order valence-electron chi connectivity index (χ2n) is 5.82. The maximum absolute atomic E-state index is 12.4. The molecule has 0 radical (unpaired) electrons. The highest BCUT2D eigenvalue weighted by Gasteiger charge is 2.15. The lowest BCUT2D eigenvalue weighted by molar-refractivity contribution is 0.0998. The molecule has 1 aromatic heterocycles. The first kappa shape index (κ1) is 14.6. The van der Waals surface area contributed by atoms with E-state index in [0.29, 0.717) is 36.0 Å². The quantitative estimate of drug-likeness (QED) is 0.769. The molecule has 3 aromatic rings. The Hall–Kier alpha value is -2.95. The number of rotatable bonds is 2. The van der Waals surface area contributed by atoms with Crippen molar-refractivity contribution in [3.05, 3.63) is 53.8 Å². The Morgan fingerprint density at radius 3 is 2.71 bits per heavy atom. The first-order valence-corrected chi connectivity index (χ1v) is 7.90. The van der Waals surface area contributed by atoms with Crippen LogP contribution in [0.3, 0.4) is 0 Å². The van der Waals surface area contributed by atoms with Gasteiger partial charge in [0.2, 0.25) is 0 Å². The average Bonchev–Trinajstić information content (AvgIpc) is 2.85. The first-order valence-electron chi connectivity index (χ1n) is 7.90. The Labute approximate surface area is 139 Å². The number of hydrogen-bond donors (Lipinski definition) is 1. The standard InChI is InChI=1S/C19H17NO4/c1-12-3-5-15-13(9-12)10-18(24-15)19(21)20-14-4-6-16-17(11-14)23-8-2-7-22-16/h3-6,9-11H,2,7-8H2,1H3,(H,20,21). The molecule has 0 spiro atoms. The molecule has 122 valence electrons. The van der Waals surface area contributed by atoms with Gasteiger partial charge in [-0.15, -0.1) is 0 Å². The summed E-state index contributed by atoms with van der Waals surface area (Å²) in [6.07, 6.45) is 0.842. The van der Waals surface area contributed by atoms with E-state index in [1.165, 1.54) is 0 Å². The molecule has 0 fully saturated rings. The van der Waals surface area contributed by atoms with Crippen LogP contribution in [0.15, 0.2) is 46.9 Å². The summed E-state index contributed by atoms with van der Waals surface area (Å²) in [7, 11) is 0. The summed E-state index contributed by atoms with van der Waals surface area (Å²) in [5, 5.41) is 3.75. The largest absolute Gasteiger partial charge is 0.490 e. The van der Waals surface area contributed by atoms with Crippen molar-refractivity contribution >= 4 is 22.6 Å². The van der Waals surface area contributed by atoms with Crippen LogP contribution in [0.25, 0.3) is 11.0 Å². The second-order valence-corrected chi connectivity index (χ2v) is 5.82. The lowest BCUT2D eigenvalue weighted by Crippen LogP contribution is -2.10. The molecular formula is C19H17NO4. The Morgan fingerprint density at radius 1 is 1.00 bits per heavy atom. The molecule has 5 heteroatoms. The first-order chi connectivity index (χ1) is 11.7. The van der Waals surface area contributed by atoms with E-state index in [4.69, 9.17) is 13.9 Å². The Morgan fingerprint density at radius 2 is 1.83 bits per heavy atom. The van der Waals surface area contributed by atoms with E-state index in [1.807, 2.05) is 25.1 Å². The molecule has 5 nitrogen and oxygen atoms in total. The highest BCUT2D eigenvalue weighted by molar-refractivity contribution is 6.04. The molecule has 1 aliphatic rings. The summed E-state index contributed by atoms with van der Waals surface area (Å²) in [5.41, 5.74) is 2.46. The Balaban J connectivity index is 1.57. The van der Waals surface area contributed by atoms with Gasteiger partial charge < -0.3 is 19.2 Å². The molecule has 0 atom stereocenters. The van der Waals surface area contributed by atoms with Gasteiger partial charge in [-0.1, -0.05) is 11.6 Å². The predicted molar refractivity (Wildman–Crippen MR) is 91.0 cm³/mol. The summed E-state index contributed by atoms with van der Waals surface area (Å²) in [6.45, 7) is 3.24. The third kappa shape index (κ3) is 2.80. The van der Waals surface area contributed by atoms with E-state index in [2.05, 4.69) is 5.32 Å². The molecule has 1 aliphatic heterocycles. The monoisotopic (exact) mass is 323 g/mol. The van der Waals surface area contributed by atoms with Gasteiger partial charge in [0.05, 0.1) is 13.2 Å². The van der Waals surface area contributed by atoms with E-state index in [1.54, 1.807) is 24.3 Å². The van der Waals surface area contributed by atoms with Crippen molar-refractivity contribution in [2.45, 2.75) is 13.3 Å². The summed E-state index contributed by atoms with van der Waals surface area (Å²) in [4.78, 5) is 12.4. The minimum absolute atomic E-state index is 0.280. The maximum Gasteiger partial charge on any atom is 0.291 e. The van der Waals surface area contributed by atoms with Crippen LogP contribution in [0, 0.1) is 6.92 Å². The average molecular weight is 323 g/mol. The van der Waals surface area contributed by atoms with E-state index in [9.17, 15) is 4.79 Å². The number of furan rings is 1. The van der Waals surface area contributed by atoms with E-state index in [0.717, 1.165) is 17.4 Å². The molecule has 0 saturated carbocycles. The number of fused-ring (bicyclic) bond motifs is 2. The minimum atomic E-state index is -0.293. The second kappa shape index (κ2) is 5.92. The van der Waals surface area contributed by atoms with E-state index < -0.39 is 0 Å². The Kier molecular flexibility index (Phi) is 3.61. The number of nitrogens with one attached hydrogen (secondary N) is 1. The summed E-state index contributed by atoms with van der Waals surface area (Å²) in [5.74, 6) is 1.33. The van der Waals surface area contributed by atoms with Gasteiger partial charge in [-0.25, -0.2) is 0 Å². The number of ether oxygens (including phenoxy) is 2. The highest BCUT2D eigenvalue weighted by atomic mass is 16.5. The molecular weight excluding hydrogens is 306 g/mol. The van der Waals surface area contributed by atoms with Gasteiger partial charge in [0.1, 0.15) is 5.58 Å². The molecule has 2 aromatic carbocycles. The van der Waals surface area contributed by atoms with Gasteiger partial charge >= 0.3 is 0 Å². The van der Waals surface area contributed by atoms with Crippen molar-refractivity contribution < 1.29 is 18.7 Å². The van der Waals surface area contributed by atoms with Crippen LogP contribution in [-0.2, 0) is 0 Å². The number of amides is 1. The summed E-state index contributed by atoms with van der Waals surface area (Å²) in [6, 6.07) is 12.9. The van der Waals surface area contributed by atoms with Crippen molar-refractivity contribution in [3.8, 4) is 11.5 Å². The lowest BCUT2D eigenvalue weighted by atomic mass is 10.2. The van der Waals surface area contributed by atoms with Crippen molar-refractivity contribution in [1.82, 2.24) is 0 Å². The zero-order valence-corrected chi connectivity index (χ0v) is 13.3. The van der Waals surface area contributed by atoms with Crippen molar-refractivity contribution in [1.29, 1.82) is 0 Å². The highest BCUT2D eigenvalue weighted by Crippen LogP contribution is 2.32. The van der Waals surface area contributed by atoms with Crippen molar-refractivity contribution in [3.63, 3.8) is 0 Å². The molecule has 0 aliphatic carbocycles. The minimum Gasteiger partial charge on any atom is -0.490 e. The molecule has 4 rings (SSSR count). The normalized spacial score (nSPS) is 13.5. The molecule has 0 unspecified atom stereocenters. The lowest BCUT2D eigenvalue weighted by Gasteiger charge is -2.09. The maximum atomic E-state index is 12.4. The van der Waals surface area contributed by atoms with Gasteiger partial charge in [-0.2, -0.15) is 0 Å². The Bertz CT molecular complexity index is 913. The van der Waals surface area contributed by atoms with Crippen LogP contribution >= 0.6 is 0 Å². The van der Waals surface area contributed by atoms with Gasteiger partial charge in [-0.3, -0.25) is 4.79 Å². The number of carbonyl (C=O) groups is 1. The molecule has 1 N–H and O–H groups in total. The zero-order chi connectivity index (χ0) is 16.5. The van der Waals surface area contributed by atoms with Gasteiger partial charge in [0.15, 0.2) is 17.3 Å². The number of anilines is 1. The molecule has 0 saturated heterocycles. The number of carbonyl (C=O) groups excluding carboxylic acids is 1. The van der Waals surface area contributed by atoms with Gasteiger partial charge in [-0.05, 0) is 37.3 Å². The number of hydrogen-bond acceptors (Lipinski definition) is 4. The topological polar surface area (TPSA) is 60.7 Å². The van der Waals surface area contributed by atoms with Crippen LogP contribution in [0.4, 0.5) is 5.69 Å².